The highest BCUT2D eigenvalue weighted by atomic mass is 16.5. The third kappa shape index (κ3) is 1.44. The van der Waals surface area contributed by atoms with E-state index < -0.39 is 0 Å². The molecule has 0 bridgehead atoms. The van der Waals surface area contributed by atoms with Crippen molar-refractivity contribution in [2.24, 2.45) is 0 Å². The molecule has 1 saturated carbocycles. The number of benzene rings is 1. The minimum Gasteiger partial charge on any atom is -0.497 e. The zero-order valence-electron chi connectivity index (χ0n) is 9.12. The molecule has 15 heavy (non-hydrogen) atoms. The van der Waals surface area contributed by atoms with Gasteiger partial charge >= 0.3 is 0 Å². The van der Waals surface area contributed by atoms with Crippen LogP contribution in [0.5, 0.6) is 5.75 Å². The predicted octanol–water partition coefficient (Wildman–Crippen LogP) is 2.30. The molecule has 1 unspecified atom stereocenters. The maximum absolute atomic E-state index is 5.18. The lowest BCUT2D eigenvalue weighted by Gasteiger charge is -2.18. The first-order chi connectivity index (χ1) is 7.34. The topological polar surface area (TPSA) is 21.3 Å². The van der Waals surface area contributed by atoms with Gasteiger partial charge in [0, 0.05) is 11.5 Å². The third-order valence-corrected chi connectivity index (χ3v) is 3.88. The Balaban J connectivity index is 1.86. The SMILES string of the molecule is COc1ccc(C2CCNC23CC3)cc1. The van der Waals surface area contributed by atoms with Crippen LogP contribution in [-0.4, -0.2) is 19.2 Å². The normalized spacial score (nSPS) is 26.9. The van der Waals surface area contributed by atoms with Crippen molar-refractivity contribution in [2.45, 2.75) is 30.7 Å². The number of hydrogen-bond acceptors (Lipinski definition) is 2. The largest absolute Gasteiger partial charge is 0.497 e. The Morgan fingerprint density at radius 1 is 1.27 bits per heavy atom. The summed E-state index contributed by atoms with van der Waals surface area (Å²) in [7, 11) is 1.72. The molecule has 80 valence electrons. The Kier molecular flexibility index (Phi) is 1.99. The van der Waals surface area contributed by atoms with Crippen molar-refractivity contribution in [3.63, 3.8) is 0 Å². The van der Waals surface area contributed by atoms with Gasteiger partial charge in [0.05, 0.1) is 7.11 Å². The van der Waals surface area contributed by atoms with Crippen LogP contribution in [0.2, 0.25) is 0 Å². The summed E-state index contributed by atoms with van der Waals surface area (Å²) in [6.07, 6.45) is 3.99. The number of methoxy groups -OCH3 is 1. The number of nitrogens with one attached hydrogen (secondary N) is 1. The number of hydrogen-bond donors (Lipinski definition) is 1. The van der Waals surface area contributed by atoms with Gasteiger partial charge in [-0.15, -0.1) is 0 Å². The first-order valence-corrected chi connectivity index (χ1v) is 5.73. The second kappa shape index (κ2) is 3.24. The van der Waals surface area contributed by atoms with Crippen LogP contribution in [0.4, 0.5) is 0 Å². The van der Waals surface area contributed by atoms with E-state index >= 15 is 0 Å². The lowest BCUT2D eigenvalue weighted by molar-refractivity contribution is 0.414. The van der Waals surface area contributed by atoms with E-state index in [0.717, 1.165) is 11.7 Å². The van der Waals surface area contributed by atoms with Crippen molar-refractivity contribution < 1.29 is 4.74 Å². The van der Waals surface area contributed by atoms with E-state index in [-0.39, 0.29) is 0 Å². The predicted molar refractivity (Wildman–Crippen MR) is 60.3 cm³/mol. The van der Waals surface area contributed by atoms with Crippen molar-refractivity contribution in [1.29, 1.82) is 0 Å². The fourth-order valence-electron chi connectivity index (χ4n) is 2.85. The average molecular weight is 203 g/mol. The van der Waals surface area contributed by atoms with Crippen LogP contribution in [0.25, 0.3) is 0 Å². The molecule has 0 aromatic heterocycles. The molecule has 1 aliphatic carbocycles. The first kappa shape index (κ1) is 9.22. The Labute approximate surface area is 90.6 Å². The zero-order chi connectivity index (χ0) is 10.3. The molecular formula is C13H17NO. The van der Waals surface area contributed by atoms with E-state index in [4.69, 9.17) is 4.74 Å². The monoisotopic (exact) mass is 203 g/mol. The number of rotatable bonds is 2. The summed E-state index contributed by atoms with van der Waals surface area (Å²) in [4.78, 5) is 0. The van der Waals surface area contributed by atoms with Crippen LogP contribution in [0.1, 0.15) is 30.7 Å². The molecule has 0 radical (unpaired) electrons. The Morgan fingerprint density at radius 3 is 2.60 bits per heavy atom. The molecule has 2 heteroatoms. The van der Waals surface area contributed by atoms with Gasteiger partial charge in [-0.3, -0.25) is 0 Å². The molecule has 1 saturated heterocycles. The number of ether oxygens (including phenoxy) is 1. The molecule has 3 rings (SSSR count). The molecule has 0 amide bonds. The lowest BCUT2D eigenvalue weighted by atomic mass is 9.90. The lowest BCUT2D eigenvalue weighted by Crippen LogP contribution is -2.27. The summed E-state index contributed by atoms with van der Waals surface area (Å²) in [6.45, 7) is 1.18. The van der Waals surface area contributed by atoms with Crippen LogP contribution in [0.3, 0.4) is 0 Å². The molecule has 1 aromatic rings. The zero-order valence-corrected chi connectivity index (χ0v) is 9.12. The minimum atomic E-state index is 0.467. The Morgan fingerprint density at radius 2 is 2.00 bits per heavy atom. The molecule has 1 N–H and O–H groups in total. The third-order valence-electron chi connectivity index (χ3n) is 3.88. The van der Waals surface area contributed by atoms with Gasteiger partial charge in [0.2, 0.25) is 0 Å². The van der Waals surface area contributed by atoms with Gasteiger partial charge in [-0.05, 0) is 43.5 Å². The summed E-state index contributed by atoms with van der Waals surface area (Å²) < 4.78 is 5.18. The molecule has 2 nitrogen and oxygen atoms in total. The highest BCUT2D eigenvalue weighted by Crippen LogP contribution is 2.51. The summed E-state index contributed by atoms with van der Waals surface area (Å²) in [5.74, 6) is 1.68. The smallest absolute Gasteiger partial charge is 0.118 e. The fourth-order valence-corrected chi connectivity index (χ4v) is 2.85. The van der Waals surface area contributed by atoms with Crippen LogP contribution in [0, 0.1) is 0 Å². The molecule has 1 heterocycles. The molecule has 2 fully saturated rings. The second-order valence-corrected chi connectivity index (χ2v) is 4.70. The molecule has 1 atom stereocenters. The maximum Gasteiger partial charge on any atom is 0.118 e. The van der Waals surface area contributed by atoms with E-state index in [1.54, 1.807) is 7.11 Å². The first-order valence-electron chi connectivity index (χ1n) is 5.73. The highest BCUT2D eigenvalue weighted by Gasteiger charge is 2.52. The minimum absolute atomic E-state index is 0.467. The van der Waals surface area contributed by atoms with E-state index in [1.807, 2.05) is 0 Å². The summed E-state index contributed by atoms with van der Waals surface area (Å²) in [6, 6.07) is 8.58. The van der Waals surface area contributed by atoms with Crippen LogP contribution in [0.15, 0.2) is 24.3 Å². The molecular weight excluding hydrogens is 186 g/mol. The van der Waals surface area contributed by atoms with Crippen LogP contribution in [-0.2, 0) is 0 Å². The standard InChI is InChI=1S/C13H17NO/c1-15-11-4-2-10(3-5-11)12-6-9-14-13(12)7-8-13/h2-5,12,14H,6-9H2,1H3. The second-order valence-electron chi connectivity index (χ2n) is 4.70. The van der Waals surface area contributed by atoms with E-state index in [2.05, 4.69) is 29.6 Å². The van der Waals surface area contributed by atoms with Gasteiger partial charge in [-0.1, -0.05) is 12.1 Å². The van der Waals surface area contributed by atoms with Crippen molar-refractivity contribution >= 4 is 0 Å². The Bertz CT molecular complexity index is 353. The summed E-state index contributed by atoms with van der Waals surface area (Å²) in [5, 5.41) is 3.65. The summed E-state index contributed by atoms with van der Waals surface area (Å²) >= 11 is 0. The molecule has 1 spiro atoms. The average Bonchev–Trinajstić information content (AvgIpc) is 2.92. The van der Waals surface area contributed by atoms with Gasteiger partial charge in [-0.2, -0.15) is 0 Å². The maximum atomic E-state index is 5.18. The molecule has 1 aromatic carbocycles. The van der Waals surface area contributed by atoms with E-state index in [9.17, 15) is 0 Å². The fraction of sp³-hybridized carbons (Fsp3) is 0.538. The van der Waals surface area contributed by atoms with Crippen LogP contribution >= 0.6 is 0 Å². The van der Waals surface area contributed by atoms with Gasteiger partial charge in [-0.25, -0.2) is 0 Å². The van der Waals surface area contributed by atoms with Crippen LogP contribution < -0.4 is 10.1 Å². The van der Waals surface area contributed by atoms with Gasteiger partial charge in [0.15, 0.2) is 0 Å². The highest BCUT2D eigenvalue weighted by molar-refractivity contribution is 5.34. The Hall–Kier alpha value is -1.02. The molecule has 1 aliphatic heterocycles. The summed E-state index contributed by atoms with van der Waals surface area (Å²) in [5.41, 5.74) is 1.94. The van der Waals surface area contributed by atoms with Gasteiger partial charge < -0.3 is 10.1 Å². The van der Waals surface area contributed by atoms with Crippen molar-refractivity contribution in [2.75, 3.05) is 13.7 Å². The van der Waals surface area contributed by atoms with Gasteiger partial charge in [0.25, 0.3) is 0 Å². The quantitative estimate of drug-likeness (QED) is 0.796. The van der Waals surface area contributed by atoms with Crippen molar-refractivity contribution in [1.82, 2.24) is 5.32 Å². The van der Waals surface area contributed by atoms with Gasteiger partial charge in [0.1, 0.15) is 5.75 Å². The van der Waals surface area contributed by atoms with Crippen molar-refractivity contribution in [3.8, 4) is 5.75 Å². The van der Waals surface area contributed by atoms with Crippen molar-refractivity contribution in [3.05, 3.63) is 29.8 Å². The molecule has 2 aliphatic rings. The van der Waals surface area contributed by atoms with E-state index in [0.29, 0.717) is 5.54 Å². The van der Waals surface area contributed by atoms with E-state index in [1.165, 1.54) is 31.4 Å².